The van der Waals surface area contributed by atoms with Gasteiger partial charge in [0, 0.05) is 32.1 Å². The van der Waals surface area contributed by atoms with E-state index in [1.165, 1.54) is 4.88 Å². The maximum Gasteiger partial charge on any atom is 0.193 e. The van der Waals surface area contributed by atoms with Crippen molar-refractivity contribution in [2.75, 3.05) is 27.2 Å². The summed E-state index contributed by atoms with van der Waals surface area (Å²) >= 11 is 1.80. The van der Waals surface area contributed by atoms with Crippen molar-refractivity contribution in [3.63, 3.8) is 0 Å². The fourth-order valence-corrected chi connectivity index (χ4v) is 2.42. The van der Waals surface area contributed by atoms with Crippen LogP contribution in [0.25, 0.3) is 0 Å². The summed E-state index contributed by atoms with van der Waals surface area (Å²) < 4.78 is 0. The Bertz CT molecular complexity index is 363. The lowest BCUT2D eigenvalue weighted by molar-refractivity contribution is 0.470. The van der Waals surface area contributed by atoms with E-state index in [9.17, 15) is 0 Å². The lowest BCUT2D eigenvalue weighted by Gasteiger charge is -2.21. The van der Waals surface area contributed by atoms with Crippen LogP contribution in [0, 0.1) is 0 Å². The minimum Gasteiger partial charge on any atom is -0.356 e. The highest BCUT2D eigenvalue weighted by molar-refractivity contribution is 14.0. The normalized spacial score (nSPS) is 10.7. The number of hydrogen-bond donors (Lipinski definition) is 1. The molecule has 0 radical (unpaired) electrons. The second-order valence-corrected chi connectivity index (χ2v) is 5.19. The molecular weight excluding hydrogens is 369 g/mol. The third-order valence-corrected chi connectivity index (χ3v) is 3.65. The minimum atomic E-state index is 0. The molecule has 0 aliphatic rings. The van der Waals surface area contributed by atoms with Crippen molar-refractivity contribution < 1.29 is 0 Å². The van der Waals surface area contributed by atoms with Crippen LogP contribution in [0.3, 0.4) is 0 Å². The Morgan fingerprint density at radius 2 is 2.37 bits per heavy atom. The smallest absolute Gasteiger partial charge is 0.193 e. The molecule has 3 nitrogen and oxygen atoms in total. The van der Waals surface area contributed by atoms with E-state index in [0.717, 1.165) is 38.3 Å². The molecule has 0 amide bonds. The Balaban J connectivity index is 0.00000324. The monoisotopic (exact) mass is 393 g/mol. The van der Waals surface area contributed by atoms with Crippen LogP contribution in [0.1, 0.15) is 17.7 Å². The van der Waals surface area contributed by atoms with Crippen molar-refractivity contribution in [3.8, 4) is 0 Å². The summed E-state index contributed by atoms with van der Waals surface area (Å²) in [5, 5.41) is 5.51. The van der Waals surface area contributed by atoms with Crippen molar-refractivity contribution in [2.24, 2.45) is 4.99 Å². The van der Waals surface area contributed by atoms with E-state index in [1.54, 1.807) is 11.3 Å². The van der Waals surface area contributed by atoms with Crippen LogP contribution in [0.4, 0.5) is 0 Å². The molecule has 19 heavy (non-hydrogen) atoms. The molecule has 0 spiro atoms. The number of aliphatic imine (C=N–C) groups is 1. The third-order valence-electron chi connectivity index (χ3n) is 2.71. The number of nitrogens with zero attached hydrogens (tertiary/aromatic N) is 2. The third kappa shape index (κ3) is 7.57. The molecule has 1 heterocycles. The number of rotatable bonds is 7. The molecule has 1 aromatic rings. The van der Waals surface area contributed by atoms with Gasteiger partial charge < -0.3 is 10.2 Å². The number of halogens is 1. The number of hydrogen-bond acceptors (Lipinski definition) is 2. The zero-order valence-electron chi connectivity index (χ0n) is 11.8. The molecule has 1 N–H and O–H groups in total. The number of nitrogens with one attached hydrogen (secondary N) is 1. The number of allylic oxidation sites excluding steroid dienone is 1. The van der Waals surface area contributed by atoms with Crippen molar-refractivity contribution >= 4 is 41.3 Å². The fourth-order valence-electron chi connectivity index (χ4n) is 1.72. The minimum absolute atomic E-state index is 0. The van der Waals surface area contributed by atoms with Gasteiger partial charge >= 0.3 is 0 Å². The first-order chi connectivity index (χ1) is 8.77. The zero-order chi connectivity index (χ0) is 13.2. The Morgan fingerprint density at radius 3 is 2.95 bits per heavy atom. The molecule has 1 rings (SSSR count). The average molecular weight is 393 g/mol. The predicted octanol–water partition coefficient (Wildman–Crippen LogP) is 3.38. The van der Waals surface area contributed by atoms with Gasteiger partial charge in [0.1, 0.15) is 0 Å². The first-order valence-electron chi connectivity index (χ1n) is 6.33. The fraction of sp³-hybridized carbons (Fsp3) is 0.500. The molecule has 0 saturated carbocycles. The van der Waals surface area contributed by atoms with Gasteiger partial charge in [-0.3, -0.25) is 4.99 Å². The van der Waals surface area contributed by atoms with Crippen molar-refractivity contribution in [1.82, 2.24) is 10.2 Å². The number of guanidine groups is 1. The summed E-state index contributed by atoms with van der Waals surface area (Å²) in [4.78, 5) is 7.87. The number of unbranched alkanes of at least 4 members (excludes halogenated alkanes) is 1. The largest absolute Gasteiger partial charge is 0.356 e. The second-order valence-electron chi connectivity index (χ2n) is 4.16. The summed E-state index contributed by atoms with van der Waals surface area (Å²) in [6.45, 7) is 5.67. The van der Waals surface area contributed by atoms with Gasteiger partial charge in [-0.2, -0.15) is 0 Å². The highest BCUT2D eigenvalue weighted by atomic mass is 127. The topological polar surface area (TPSA) is 27.6 Å². The first-order valence-corrected chi connectivity index (χ1v) is 7.21. The molecule has 1 aromatic heterocycles. The summed E-state index contributed by atoms with van der Waals surface area (Å²) in [6.07, 6.45) is 5.18. The highest BCUT2D eigenvalue weighted by Gasteiger charge is 2.04. The van der Waals surface area contributed by atoms with Crippen LogP contribution >= 0.6 is 35.3 Å². The van der Waals surface area contributed by atoms with Gasteiger partial charge in [0.05, 0.1) is 0 Å². The average Bonchev–Trinajstić information content (AvgIpc) is 2.88. The zero-order valence-corrected chi connectivity index (χ0v) is 14.9. The maximum atomic E-state index is 4.29. The van der Waals surface area contributed by atoms with Crippen molar-refractivity contribution in [2.45, 2.75) is 19.3 Å². The Hall–Kier alpha value is -0.560. The molecule has 108 valence electrons. The molecule has 0 aliphatic heterocycles. The van der Waals surface area contributed by atoms with Crippen LogP contribution < -0.4 is 5.32 Å². The summed E-state index contributed by atoms with van der Waals surface area (Å²) in [7, 11) is 3.90. The molecule has 0 aromatic carbocycles. The molecule has 5 heteroatoms. The Labute approximate surface area is 137 Å². The van der Waals surface area contributed by atoms with Crippen molar-refractivity contribution in [1.29, 1.82) is 0 Å². The van der Waals surface area contributed by atoms with Crippen LogP contribution in [0.5, 0.6) is 0 Å². The SMILES string of the molecule is C=CCCCN(C)C(=NC)NCCc1cccs1.I. The molecule has 0 unspecified atom stereocenters. The molecule has 0 atom stereocenters. The van der Waals surface area contributed by atoms with Gasteiger partial charge in [0.15, 0.2) is 5.96 Å². The van der Waals surface area contributed by atoms with E-state index in [4.69, 9.17) is 0 Å². The van der Waals surface area contributed by atoms with E-state index >= 15 is 0 Å². The molecule has 0 fully saturated rings. The maximum absolute atomic E-state index is 4.29. The second kappa shape index (κ2) is 11.3. The van der Waals surface area contributed by atoms with Crippen LogP contribution in [-0.2, 0) is 6.42 Å². The molecule has 0 bridgehead atoms. The van der Waals surface area contributed by atoms with Gasteiger partial charge in [0.25, 0.3) is 0 Å². The van der Waals surface area contributed by atoms with Gasteiger partial charge in [-0.1, -0.05) is 12.1 Å². The summed E-state index contributed by atoms with van der Waals surface area (Å²) in [5.74, 6) is 0.968. The number of thiophene rings is 1. The quantitative estimate of drug-likeness (QED) is 0.253. The molecular formula is C14H24IN3S. The molecule has 0 saturated heterocycles. The first kappa shape index (κ1) is 18.4. The Kier molecular flexibility index (Phi) is 10.9. The van der Waals surface area contributed by atoms with E-state index in [0.29, 0.717) is 0 Å². The van der Waals surface area contributed by atoms with Gasteiger partial charge in [-0.15, -0.1) is 41.9 Å². The summed E-state index contributed by atoms with van der Waals surface area (Å²) in [6, 6.07) is 4.26. The standard InChI is InChI=1S/C14H23N3S.HI/c1-4-5-6-11-17(3)14(15-2)16-10-9-13-8-7-12-18-13;/h4,7-8,12H,1,5-6,9-11H2,2-3H3,(H,15,16);1H. The lowest BCUT2D eigenvalue weighted by Crippen LogP contribution is -2.40. The van der Waals surface area contributed by atoms with Crippen LogP contribution in [-0.4, -0.2) is 38.0 Å². The van der Waals surface area contributed by atoms with Crippen LogP contribution in [0.15, 0.2) is 35.2 Å². The summed E-state index contributed by atoms with van der Waals surface area (Å²) in [5.41, 5.74) is 0. The van der Waals surface area contributed by atoms with Crippen LogP contribution in [0.2, 0.25) is 0 Å². The van der Waals surface area contributed by atoms with E-state index in [2.05, 4.69) is 46.3 Å². The van der Waals surface area contributed by atoms with Gasteiger partial charge in [-0.25, -0.2) is 0 Å². The Morgan fingerprint density at radius 1 is 1.58 bits per heavy atom. The van der Waals surface area contributed by atoms with E-state index in [-0.39, 0.29) is 24.0 Å². The highest BCUT2D eigenvalue weighted by Crippen LogP contribution is 2.08. The van der Waals surface area contributed by atoms with Crippen molar-refractivity contribution in [3.05, 3.63) is 35.0 Å². The van der Waals surface area contributed by atoms with Gasteiger partial charge in [-0.05, 0) is 30.7 Å². The van der Waals surface area contributed by atoms with E-state index in [1.807, 2.05) is 13.1 Å². The predicted molar refractivity (Wildman–Crippen MR) is 96.9 cm³/mol. The van der Waals surface area contributed by atoms with E-state index < -0.39 is 0 Å². The lowest BCUT2D eigenvalue weighted by atomic mass is 10.3. The van der Waals surface area contributed by atoms with Gasteiger partial charge in [0.2, 0.25) is 0 Å². The molecule has 0 aliphatic carbocycles.